The molecule has 0 saturated carbocycles. The van der Waals surface area contributed by atoms with E-state index in [0.29, 0.717) is 18.4 Å². The lowest BCUT2D eigenvalue weighted by Crippen LogP contribution is -2.58. The molecule has 0 aromatic heterocycles. The summed E-state index contributed by atoms with van der Waals surface area (Å²) in [4.78, 5) is 153. The number of hydrogen-bond acceptors (Lipinski definition) is 19. The first-order chi connectivity index (χ1) is 41.2. The zero-order chi connectivity index (χ0) is 65.4. The van der Waals surface area contributed by atoms with Gasteiger partial charge in [0.25, 0.3) is 0 Å². The molecule has 0 aliphatic carbocycles. The third-order valence-corrected chi connectivity index (χ3v) is 15.4. The normalized spacial score (nSPS) is 22.6. The Bertz CT molecular complexity index is 2380. The Morgan fingerprint density at radius 2 is 1.30 bits per heavy atom. The largest absolute Gasteiger partial charge is 0.465 e. The Balaban J connectivity index is 2.61. The molecule has 2 unspecified atom stereocenters. The van der Waals surface area contributed by atoms with Crippen LogP contribution in [0.4, 0.5) is 0 Å². The van der Waals surface area contributed by atoms with Crippen molar-refractivity contribution in [2.75, 3.05) is 45.9 Å². The van der Waals surface area contributed by atoms with E-state index in [2.05, 4.69) is 42.5 Å². The second-order valence-corrected chi connectivity index (χ2v) is 24.0. The third-order valence-electron chi connectivity index (χ3n) is 15.4. The van der Waals surface area contributed by atoms with E-state index in [-0.39, 0.29) is 116 Å². The van der Waals surface area contributed by atoms with E-state index in [4.69, 9.17) is 27.7 Å². The molecule has 1 saturated heterocycles. The number of aliphatic hydroxyl groups is 2. The highest BCUT2D eigenvalue weighted by atomic mass is 16.5. The van der Waals surface area contributed by atoms with Gasteiger partial charge in [0.05, 0.1) is 54.1 Å². The van der Waals surface area contributed by atoms with Gasteiger partial charge in [0, 0.05) is 38.1 Å². The van der Waals surface area contributed by atoms with Crippen LogP contribution in [0.2, 0.25) is 0 Å². The molecule has 2 rings (SSSR count). The fraction of sp³-hybridized carbons (Fsp3) is 0.721. The summed E-state index contributed by atoms with van der Waals surface area (Å²) in [5, 5.41) is 43.9. The minimum atomic E-state index is -1.54. The maximum atomic E-state index is 14.5. The number of carbonyl (C=O) groups excluding carboxylic acids is 11. The van der Waals surface area contributed by atoms with E-state index in [1.54, 1.807) is 51.1 Å². The van der Waals surface area contributed by atoms with Gasteiger partial charge in [0.15, 0.2) is 17.3 Å². The molecule has 0 radical (unpaired) electrons. The number of ketones is 3. The predicted molar refractivity (Wildman–Crippen MR) is 327 cm³/mol. The number of esters is 1. The second kappa shape index (κ2) is 40.3. The highest BCUT2D eigenvalue weighted by Gasteiger charge is 2.37. The smallest absolute Gasteiger partial charge is 0.311 e. The van der Waals surface area contributed by atoms with Crippen LogP contribution in [0.1, 0.15) is 151 Å². The second-order valence-electron chi connectivity index (χ2n) is 24.0. The van der Waals surface area contributed by atoms with Crippen LogP contribution in [0, 0.1) is 29.1 Å². The molecule has 1 aliphatic rings. The van der Waals surface area contributed by atoms with Gasteiger partial charge in [-0.1, -0.05) is 70.9 Å². The van der Waals surface area contributed by atoms with E-state index in [0.717, 1.165) is 6.42 Å². The summed E-state index contributed by atoms with van der Waals surface area (Å²) in [7, 11) is 0. The highest BCUT2D eigenvalue weighted by molar-refractivity contribution is 5.98. The van der Waals surface area contributed by atoms with Gasteiger partial charge in [0.2, 0.25) is 41.4 Å². The summed E-state index contributed by atoms with van der Waals surface area (Å²) in [5.74, 6) is -10.6. The summed E-state index contributed by atoms with van der Waals surface area (Å²) in [6.07, 6.45) is -2.34. The first kappa shape index (κ1) is 76.8. The lowest BCUT2D eigenvalue weighted by molar-refractivity contribution is -0.155. The molecule has 1 heterocycles. The van der Waals surface area contributed by atoms with Crippen LogP contribution >= 0.6 is 0 Å². The SMILES string of the molecule is CCC[C@H](NC(=O)CCOC(=O)C(C)(C)CCC)C(=O)C[C@H](C(=O)N[C@@H](CCN)C(=O)C[C@H]1CCNC(=O)[C@H](C(C)O)NC(=O)[C@H](CCN)CC(=O)[C@H](CCN)NC(=O)[C@H](CC(C)C)NC(=O)[C@@H](Cc2ccccc2)NC(=O)[C@H](CCN)NC1)C(C)O. The van der Waals surface area contributed by atoms with Crippen LogP contribution in [0.5, 0.6) is 0 Å². The number of benzene rings is 1. The molecule has 7 amide bonds. The molecule has 26 nitrogen and oxygen atoms in total. The Morgan fingerprint density at radius 1 is 0.701 bits per heavy atom. The first-order valence-corrected chi connectivity index (χ1v) is 30.9. The standard InChI is InChI=1S/C61H104N12O14/c1-9-14-43(68-52(79)22-29-87-60(86)61(7,8)23-10-2)51(78)34-42(37(5)74)55(81)69-44(18-25-63)49(76)32-40-21-28-66-59(85)53(38(6)75)73-54(80)41(17-24-62)33-50(77)45(19-26-64)70-57(83)47(30-36(3)4)71-58(84)48(31-39-15-12-11-13-16-39)72-56(82)46(20-27-65)67-35-40/h11-13,15-16,36-38,40-48,53,67,74-75H,9-10,14,17-35,62-65H2,1-8H3,(H,66,85)(H,68,79)(H,69,81)(H,70,83)(H,71,84)(H,72,82)(H,73,80)/t37?,38?,40-,41-,42+,43+,44+,45+,46+,47+,48-,53+/m1/s1. The van der Waals surface area contributed by atoms with Gasteiger partial charge < -0.3 is 80.4 Å². The number of nitrogens with two attached hydrogens (primary N) is 4. The Labute approximate surface area is 513 Å². The van der Waals surface area contributed by atoms with Crippen LogP contribution in [0.15, 0.2) is 30.3 Å². The fourth-order valence-electron chi connectivity index (χ4n) is 10.3. The minimum Gasteiger partial charge on any atom is -0.465 e. The Kier molecular flexibility index (Phi) is 35.6. The minimum absolute atomic E-state index is 0.0147. The van der Waals surface area contributed by atoms with Crippen LogP contribution in [-0.2, 0) is 63.9 Å². The number of nitrogens with one attached hydrogen (secondary N) is 8. The van der Waals surface area contributed by atoms with E-state index in [1.807, 2.05) is 20.8 Å². The van der Waals surface area contributed by atoms with Crippen molar-refractivity contribution in [1.82, 2.24) is 42.5 Å². The molecule has 18 N–H and O–H groups in total. The number of aliphatic hydroxyl groups excluding tert-OH is 2. The van der Waals surface area contributed by atoms with Gasteiger partial charge in [0.1, 0.15) is 24.7 Å². The molecule has 87 heavy (non-hydrogen) atoms. The number of amides is 7. The van der Waals surface area contributed by atoms with Gasteiger partial charge in [-0.2, -0.15) is 0 Å². The third kappa shape index (κ3) is 27.7. The summed E-state index contributed by atoms with van der Waals surface area (Å²) in [6.45, 7) is 12.8. The van der Waals surface area contributed by atoms with Crippen molar-refractivity contribution in [3.8, 4) is 0 Å². The number of Topliss-reactive ketones (excluding diaryl/α,β-unsaturated/α-hetero) is 3. The summed E-state index contributed by atoms with van der Waals surface area (Å²) in [6, 6.07) is 0.209. The van der Waals surface area contributed by atoms with Gasteiger partial charge >= 0.3 is 5.97 Å². The molecule has 1 aromatic rings. The molecule has 12 atom stereocenters. The van der Waals surface area contributed by atoms with Crippen molar-refractivity contribution in [2.24, 2.45) is 52.0 Å². The summed E-state index contributed by atoms with van der Waals surface area (Å²) in [5.41, 5.74) is 23.8. The molecule has 492 valence electrons. The van der Waals surface area contributed by atoms with Gasteiger partial charge in [-0.25, -0.2) is 0 Å². The summed E-state index contributed by atoms with van der Waals surface area (Å²) < 4.78 is 5.35. The van der Waals surface area contributed by atoms with Crippen molar-refractivity contribution in [3.05, 3.63) is 35.9 Å². The number of carbonyl (C=O) groups is 11. The van der Waals surface area contributed by atoms with Gasteiger partial charge in [-0.3, -0.25) is 52.7 Å². The highest BCUT2D eigenvalue weighted by Crippen LogP contribution is 2.24. The molecule has 1 fully saturated rings. The maximum absolute atomic E-state index is 14.5. The van der Waals surface area contributed by atoms with Crippen molar-refractivity contribution >= 4 is 64.7 Å². The van der Waals surface area contributed by atoms with Gasteiger partial charge in [-0.05, 0) is 129 Å². The molecule has 0 spiro atoms. The lowest BCUT2D eigenvalue weighted by Gasteiger charge is -2.28. The number of hydrogen-bond donors (Lipinski definition) is 14. The Morgan fingerprint density at radius 3 is 1.89 bits per heavy atom. The molecule has 1 aliphatic heterocycles. The molecular weight excluding hydrogens is 1120 g/mol. The Hall–Kier alpha value is -6.29. The van der Waals surface area contributed by atoms with E-state index in [1.165, 1.54) is 13.8 Å². The molecule has 26 heteroatoms. The van der Waals surface area contributed by atoms with Crippen molar-refractivity contribution in [1.29, 1.82) is 0 Å². The molecule has 0 bridgehead atoms. The van der Waals surface area contributed by atoms with Crippen LogP contribution in [0.3, 0.4) is 0 Å². The summed E-state index contributed by atoms with van der Waals surface area (Å²) >= 11 is 0. The van der Waals surface area contributed by atoms with E-state index < -0.39 is 155 Å². The van der Waals surface area contributed by atoms with Crippen molar-refractivity contribution < 1.29 is 67.7 Å². The van der Waals surface area contributed by atoms with Crippen LogP contribution < -0.4 is 65.5 Å². The van der Waals surface area contributed by atoms with E-state index >= 15 is 0 Å². The quantitative estimate of drug-likeness (QED) is 0.0401. The average Bonchev–Trinajstić information content (AvgIpc) is 3.36. The van der Waals surface area contributed by atoms with Crippen molar-refractivity contribution in [2.45, 2.75) is 206 Å². The van der Waals surface area contributed by atoms with Crippen molar-refractivity contribution in [3.63, 3.8) is 0 Å². The first-order valence-electron chi connectivity index (χ1n) is 30.9. The maximum Gasteiger partial charge on any atom is 0.311 e. The van der Waals surface area contributed by atoms with Crippen LogP contribution in [-0.4, -0.2) is 175 Å². The monoisotopic (exact) mass is 1230 g/mol. The zero-order valence-corrected chi connectivity index (χ0v) is 52.6. The topological polar surface area (TPSA) is 438 Å². The molecule has 1 aromatic carbocycles. The molecular formula is C61H104N12O14. The fourth-order valence-corrected chi connectivity index (χ4v) is 10.3. The predicted octanol–water partition coefficient (Wildman–Crippen LogP) is -0.895. The van der Waals surface area contributed by atoms with Gasteiger partial charge in [-0.15, -0.1) is 0 Å². The zero-order valence-electron chi connectivity index (χ0n) is 52.6. The average molecular weight is 1230 g/mol. The number of ether oxygens (including phenoxy) is 1. The van der Waals surface area contributed by atoms with E-state index in [9.17, 15) is 63.0 Å². The number of rotatable bonds is 31. The lowest BCUT2D eigenvalue weighted by atomic mass is 9.88. The van der Waals surface area contributed by atoms with Crippen LogP contribution in [0.25, 0.3) is 0 Å².